The zero-order chi connectivity index (χ0) is 32.3. The number of carbonyl (C=O) groups is 1. The number of rotatable bonds is 9. The van der Waals surface area contributed by atoms with Crippen LogP contribution in [0.1, 0.15) is 29.5 Å². The molecule has 1 aliphatic rings. The first-order chi connectivity index (χ1) is 21.4. The molecule has 236 valence electrons. The van der Waals surface area contributed by atoms with Crippen molar-refractivity contribution in [1.82, 2.24) is 14.9 Å². The van der Waals surface area contributed by atoms with Gasteiger partial charge in [-0.1, -0.05) is 24.6 Å². The number of amides is 2. The van der Waals surface area contributed by atoms with Crippen LogP contribution in [0.15, 0.2) is 59.0 Å². The molecule has 45 heavy (non-hydrogen) atoms. The van der Waals surface area contributed by atoms with Crippen LogP contribution in [0.3, 0.4) is 0 Å². The highest BCUT2D eigenvalue weighted by molar-refractivity contribution is 6.31. The van der Waals surface area contributed by atoms with Gasteiger partial charge in [-0.3, -0.25) is 10.7 Å². The fourth-order valence-corrected chi connectivity index (χ4v) is 5.54. The van der Waals surface area contributed by atoms with Gasteiger partial charge < -0.3 is 25.7 Å². The fraction of sp³-hybridized carbons (Fsp3) is 0.290. The minimum Gasteiger partial charge on any atom is -0.457 e. The van der Waals surface area contributed by atoms with Gasteiger partial charge in [0, 0.05) is 48.0 Å². The number of hydrogen-bond donors (Lipinski definition) is 5. The van der Waals surface area contributed by atoms with E-state index in [0.29, 0.717) is 29.4 Å². The smallest absolute Gasteiger partial charge is 0.417 e. The minimum absolute atomic E-state index is 0.00436. The van der Waals surface area contributed by atoms with E-state index in [-0.39, 0.29) is 29.3 Å². The number of carbonyl (C=O) groups excluding carboxylic acids is 1. The van der Waals surface area contributed by atoms with Gasteiger partial charge in [0.1, 0.15) is 23.0 Å². The molecule has 2 aromatic heterocycles. The number of halogens is 4. The molecular formula is C31H32ClF3N8O2. The van der Waals surface area contributed by atoms with E-state index in [9.17, 15) is 18.0 Å². The van der Waals surface area contributed by atoms with Crippen molar-refractivity contribution in [3.8, 4) is 0 Å². The zero-order valence-electron chi connectivity index (χ0n) is 24.5. The Morgan fingerprint density at radius 2 is 1.96 bits per heavy atom. The highest BCUT2D eigenvalue weighted by Gasteiger charge is 2.33. The molecule has 2 unspecified atom stereocenters. The van der Waals surface area contributed by atoms with Gasteiger partial charge >= 0.3 is 12.2 Å². The van der Waals surface area contributed by atoms with E-state index in [0.717, 1.165) is 48.8 Å². The first kappa shape index (κ1) is 31.8. The predicted octanol–water partition coefficient (Wildman–Crippen LogP) is 6.82. The largest absolute Gasteiger partial charge is 0.457 e. The molecule has 2 atom stereocenters. The number of nitrogens with one attached hydrogen (secondary N) is 4. The van der Waals surface area contributed by atoms with Gasteiger partial charge in [-0.15, -0.1) is 0 Å². The summed E-state index contributed by atoms with van der Waals surface area (Å²) in [6, 6.07) is 11.3. The van der Waals surface area contributed by atoms with Gasteiger partial charge in [0.2, 0.25) is 5.95 Å². The molecule has 0 spiro atoms. The third kappa shape index (κ3) is 7.91. The van der Waals surface area contributed by atoms with Crippen molar-refractivity contribution in [2.45, 2.75) is 20.0 Å². The van der Waals surface area contributed by atoms with E-state index in [4.69, 9.17) is 27.2 Å². The van der Waals surface area contributed by atoms with Crippen molar-refractivity contribution in [1.29, 1.82) is 5.41 Å². The Bertz CT molecular complexity index is 1760. The number of urea groups is 1. The van der Waals surface area contributed by atoms with E-state index >= 15 is 0 Å². The molecule has 0 aliphatic carbocycles. The second kappa shape index (κ2) is 13.2. The molecule has 5 rings (SSSR count). The molecule has 1 fully saturated rings. The van der Waals surface area contributed by atoms with Crippen molar-refractivity contribution in [3.63, 3.8) is 0 Å². The van der Waals surface area contributed by atoms with E-state index in [1.165, 1.54) is 0 Å². The standard InChI is InChI=1S/C31H32ClF3N8O2/c1-3-43-15-19(4-7-23-12-20-11-18(28(36)37)5-9-26(20)45-23)21(16-43)14-38-27-10-17(2)39-29(41-27)42-30(44)40-22-6-8-24(25(32)13-22)31(33,34)35/h4-13,19,21H,3,14-16H2,1-2H3,(H3,36,37)(H3,38,39,40,41,42,44)/b7-4+. The van der Waals surface area contributed by atoms with Crippen molar-refractivity contribution in [3.05, 3.63) is 82.2 Å². The fourth-order valence-electron chi connectivity index (χ4n) is 5.25. The Morgan fingerprint density at radius 1 is 1.16 bits per heavy atom. The summed E-state index contributed by atoms with van der Waals surface area (Å²) in [5.74, 6) is 1.76. The van der Waals surface area contributed by atoms with Crippen LogP contribution in [0.4, 0.5) is 35.4 Å². The summed E-state index contributed by atoms with van der Waals surface area (Å²) >= 11 is 5.75. The van der Waals surface area contributed by atoms with Crippen molar-refractivity contribution < 1.29 is 22.4 Å². The van der Waals surface area contributed by atoms with Crippen LogP contribution in [0.2, 0.25) is 5.02 Å². The maximum absolute atomic E-state index is 13.0. The van der Waals surface area contributed by atoms with Gasteiger partial charge in [0.25, 0.3) is 0 Å². The Balaban J connectivity index is 1.22. The molecule has 0 radical (unpaired) electrons. The minimum atomic E-state index is -4.60. The van der Waals surface area contributed by atoms with E-state index in [2.05, 4.69) is 43.8 Å². The number of aryl methyl sites for hydroxylation is 1. The average molecular weight is 641 g/mol. The van der Waals surface area contributed by atoms with Gasteiger partial charge in [0.15, 0.2) is 0 Å². The number of benzene rings is 2. The lowest BCUT2D eigenvalue weighted by molar-refractivity contribution is -0.137. The molecule has 0 saturated carbocycles. The summed E-state index contributed by atoms with van der Waals surface area (Å²) < 4.78 is 44.9. The van der Waals surface area contributed by atoms with Crippen molar-refractivity contribution >= 4 is 58.0 Å². The van der Waals surface area contributed by atoms with Gasteiger partial charge in [-0.2, -0.15) is 18.2 Å². The number of amidine groups is 1. The third-order valence-electron chi connectivity index (χ3n) is 7.53. The Labute approximate surface area is 262 Å². The lowest BCUT2D eigenvalue weighted by atomic mass is 9.95. The number of likely N-dealkylation sites (tertiary alicyclic amines) is 1. The molecule has 2 aromatic carbocycles. The highest BCUT2D eigenvalue weighted by Crippen LogP contribution is 2.36. The Morgan fingerprint density at radius 3 is 2.67 bits per heavy atom. The number of anilines is 3. The predicted molar refractivity (Wildman–Crippen MR) is 170 cm³/mol. The average Bonchev–Trinajstić information content (AvgIpc) is 3.56. The molecule has 14 heteroatoms. The van der Waals surface area contributed by atoms with E-state index in [1.807, 2.05) is 24.3 Å². The van der Waals surface area contributed by atoms with E-state index < -0.39 is 22.8 Å². The second-order valence-corrected chi connectivity index (χ2v) is 11.2. The molecule has 0 bridgehead atoms. The quantitative estimate of drug-likeness (QED) is 0.0996. The number of aromatic nitrogens is 2. The number of fused-ring (bicyclic) bond motifs is 1. The van der Waals surface area contributed by atoms with Crippen molar-refractivity contribution in [2.75, 3.05) is 42.1 Å². The number of alkyl halides is 3. The van der Waals surface area contributed by atoms with Crippen LogP contribution in [0.25, 0.3) is 17.0 Å². The third-order valence-corrected chi connectivity index (χ3v) is 7.84. The SMILES string of the molecule is CCN1CC(/C=C/c2cc3cc(C(=N)N)ccc3o2)C(CNc2cc(C)nc(NC(=O)Nc3ccc(C(F)(F)F)c(Cl)c3)n2)C1. The molecule has 6 N–H and O–H groups in total. The first-order valence-electron chi connectivity index (χ1n) is 14.2. The Kier molecular flexibility index (Phi) is 9.30. The summed E-state index contributed by atoms with van der Waals surface area (Å²) in [4.78, 5) is 23.6. The van der Waals surface area contributed by atoms with Gasteiger partial charge in [0.05, 0.1) is 10.6 Å². The molecule has 4 aromatic rings. The lowest BCUT2D eigenvalue weighted by Crippen LogP contribution is -2.24. The number of hydrogen-bond acceptors (Lipinski definition) is 7. The van der Waals surface area contributed by atoms with Crippen LogP contribution in [0.5, 0.6) is 0 Å². The molecule has 1 aliphatic heterocycles. The normalized spacial score (nSPS) is 17.2. The molecule has 3 heterocycles. The summed E-state index contributed by atoms with van der Waals surface area (Å²) in [5.41, 5.74) is 6.68. The monoisotopic (exact) mass is 640 g/mol. The van der Waals surface area contributed by atoms with Crippen LogP contribution in [0, 0.1) is 24.2 Å². The first-order valence-corrected chi connectivity index (χ1v) is 14.6. The lowest BCUT2D eigenvalue weighted by Gasteiger charge is -2.17. The topological polar surface area (TPSA) is 145 Å². The molecular weight excluding hydrogens is 609 g/mol. The summed E-state index contributed by atoms with van der Waals surface area (Å²) in [7, 11) is 0. The maximum Gasteiger partial charge on any atom is 0.417 e. The molecule has 10 nitrogen and oxygen atoms in total. The van der Waals surface area contributed by atoms with Gasteiger partial charge in [-0.05, 0) is 73.8 Å². The van der Waals surface area contributed by atoms with Crippen LogP contribution in [-0.2, 0) is 6.18 Å². The number of nitrogen functional groups attached to an aromatic ring is 1. The summed E-state index contributed by atoms with van der Waals surface area (Å²) in [5, 5.41) is 16.3. The van der Waals surface area contributed by atoms with Crippen molar-refractivity contribution in [2.24, 2.45) is 17.6 Å². The summed E-state index contributed by atoms with van der Waals surface area (Å²) in [6.45, 7) is 7.18. The van der Waals surface area contributed by atoms with Crippen LogP contribution < -0.4 is 21.7 Å². The second-order valence-electron chi connectivity index (χ2n) is 10.8. The Hall–Kier alpha value is -4.62. The zero-order valence-corrected chi connectivity index (χ0v) is 25.3. The molecule has 1 saturated heterocycles. The molecule has 2 amide bonds. The number of furan rings is 1. The number of nitrogens with zero attached hydrogens (tertiary/aromatic N) is 3. The van der Waals surface area contributed by atoms with E-state index in [1.54, 1.807) is 19.1 Å². The maximum atomic E-state index is 13.0. The number of nitrogens with two attached hydrogens (primary N) is 1. The van der Waals surface area contributed by atoms with Gasteiger partial charge in [-0.25, -0.2) is 9.78 Å². The summed E-state index contributed by atoms with van der Waals surface area (Å²) in [6.07, 6.45) is -0.470. The highest BCUT2D eigenvalue weighted by atomic mass is 35.5. The van der Waals surface area contributed by atoms with Crippen LogP contribution >= 0.6 is 11.6 Å². The van der Waals surface area contributed by atoms with Crippen LogP contribution in [-0.4, -0.2) is 52.9 Å².